The van der Waals surface area contributed by atoms with Crippen molar-refractivity contribution < 1.29 is 4.80 Å². The van der Waals surface area contributed by atoms with E-state index in [9.17, 15) is 0 Å². The molecule has 0 fully saturated rings. The Morgan fingerprint density at radius 3 is 2.33 bits per heavy atom. The van der Waals surface area contributed by atoms with Gasteiger partial charge >= 0.3 is 0 Å². The van der Waals surface area contributed by atoms with Crippen LogP contribution in [0.4, 0.5) is 0 Å². The molecular weight excluding hydrogens is 170 g/mol. The average Bonchev–Trinajstić information content (AvgIpc) is 2.10. The molecule has 5 heteroatoms. The van der Waals surface area contributed by atoms with Crippen LogP contribution in [-0.2, 0) is 0 Å². The number of nitrogens with two attached hydrogens (primary N) is 1. The molecule has 5 N–H and O–H groups in total. The predicted molar refractivity (Wildman–Crippen MR) is 52.2 cm³/mol. The van der Waals surface area contributed by atoms with Gasteiger partial charge in [0, 0.05) is 26.2 Å². The van der Waals surface area contributed by atoms with E-state index in [4.69, 9.17) is 10.5 Å². The maximum absolute atomic E-state index is 8.51. The van der Waals surface area contributed by atoms with Crippen molar-refractivity contribution in [3.63, 3.8) is 0 Å². The Morgan fingerprint density at radius 1 is 1.08 bits per heavy atom. The van der Waals surface area contributed by atoms with E-state index >= 15 is 0 Å². The van der Waals surface area contributed by atoms with E-state index in [1.165, 1.54) is 0 Å². The van der Waals surface area contributed by atoms with Crippen LogP contribution in [0.5, 0.6) is 0 Å². The monoisotopic (exact) mass is 189 g/mol. The van der Waals surface area contributed by atoms with Crippen LogP contribution in [0.1, 0.15) is 6.42 Å². The third kappa shape index (κ3) is 10.1. The molecule has 2 radical (unpaired) electrons. The van der Waals surface area contributed by atoms with Crippen molar-refractivity contribution in [2.24, 2.45) is 5.73 Å². The first-order valence-corrected chi connectivity index (χ1v) is 5.55. The second-order valence-corrected chi connectivity index (χ2v) is 3.37. The lowest BCUT2D eigenvalue weighted by molar-refractivity contribution is 0.581. The van der Waals surface area contributed by atoms with E-state index in [0.717, 1.165) is 38.6 Å². The minimum atomic E-state index is 0.0978. The molecule has 0 saturated carbocycles. The molecule has 0 aliphatic carbocycles. The van der Waals surface area contributed by atoms with Crippen molar-refractivity contribution in [3.8, 4) is 0 Å². The fraction of sp³-hybridized carbons (Fsp3) is 1.00. The zero-order valence-corrected chi connectivity index (χ0v) is 8.47. The van der Waals surface area contributed by atoms with Gasteiger partial charge in [-0.05, 0) is 19.0 Å². The molecule has 0 aliphatic rings. The third-order valence-electron chi connectivity index (χ3n) is 1.44. The molecule has 4 nitrogen and oxygen atoms in total. The number of hydrogen-bond donors (Lipinski definition) is 4. The first kappa shape index (κ1) is 12.1. The molecule has 0 amide bonds. The molecule has 0 aromatic heterocycles. The fourth-order valence-electron chi connectivity index (χ4n) is 0.821. The van der Waals surface area contributed by atoms with Crippen LogP contribution in [0.25, 0.3) is 0 Å². The number of hydrogen-bond acceptors (Lipinski definition) is 4. The van der Waals surface area contributed by atoms with Crippen molar-refractivity contribution in [2.75, 3.05) is 32.7 Å². The highest BCUT2D eigenvalue weighted by Crippen LogP contribution is 1.82. The van der Waals surface area contributed by atoms with Gasteiger partial charge in [-0.1, -0.05) is 0 Å². The van der Waals surface area contributed by atoms with Crippen LogP contribution in [-0.4, -0.2) is 47.3 Å². The summed E-state index contributed by atoms with van der Waals surface area (Å²) < 4.78 is 0. The summed E-state index contributed by atoms with van der Waals surface area (Å²) in [5, 5.41) is 6.46. The normalized spacial score (nSPS) is 10.5. The minimum Gasteiger partial charge on any atom is -0.432 e. The molecule has 0 aromatic rings. The lowest BCUT2D eigenvalue weighted by Crippen LogP contribution is -2.31. The molecule has 0 aliphatic heterocycles. The topological polar surface area (TPSA) is 70.3 Å². The van der Waals surface area contributed by atoms with Crippen LogP contribution in [0, 0.1) is 0 Å². The van der Waals surface area contributed by atoms with Crippen molar-refractivity contribution >= 4 is 9.76 Å². The van der Waals surface area contributed by atoms with Crippen molar-refractivity contribution in [1.29, 1.82) is 0 Å². The molecule has 0 atom stereocenters. The van der Waals surface area contributed by atoms with Crippen molar-refractivity contribution in [3.05, 3.63) is 0 Å². The molecule has 0 rings (SSSR count). The Hall–Kier alpha value is 0.0569. The molecule has 0 saturated heterocycles. The quantitative estimate of drug-likeness (QED) is 0.264. The lowest BCUT2D eigenvalue weighted by Gasteiger charge is -2.04. The van der Waals surface area contributed by atoms with Gasteiger partial charge in [-0.25, -0.2) is 0 Å². The van der Waals surface area contributed by atoms with Gasteiger partial charge in [0.1, 0.15) is 0 Å². The average molecular weight is 189 g/mol. The Kier molecular flexibility index (Phi) is 11.1. The second kappa shape index (κ2) is 11.1. The van der Waals surface area contributed by atoms with Gasteiger partial charge in [0.05, 0.1) is 0 Å². The number of rotatable bonds is 9. The van der Waals surface area contributed by atoms with E-state index in [0.29, 0.717) is 6.54 Å². The van der Waals surface area contributed by atoms with Crippen LogP contribution < -0.4 is 16.4 Å². The van der Waals surface area contributed by atoms with E-state index in [1.807, 2.05) is 0 Å². The molecule has 0 heterocycles. The molecule has 0 aromatic carbocycles. The van der Waals surface area contributed by atoms with E-state index in [1.54, 1.807) is 0 Å². The zero-order valence-electron chi connectivity index (χ0n) is 7.47. The molecule has 0 spiro atoms. The van der Waals surface area contributed by atoms with E-state index in [-0.39, 0.29) is 9.76 Å². The predicted octanol–water partition coefficient (Wildman–Crippen LogP) is -1.46. The summed E-state index contributed by atoms with van der Waals surface area (Å²) in [5.74, 6) is 0. The molecular formula is C7H19N3OSi. The van der Waals surface area contributed by atoms with E-state index in [2.05, 4.69) is 10.6 Å². The molecule has 72 valence electrons. The summed E-state index contributed by atoms with van der Waals surface area (Å²) >= 11 is 0. The van der Waals surface area contributed by atoms with Gasteiger partial charge in [-0.3, -0.25) is 0 Å². The summed E-state index contributed by atoms with van der Waals surface area (Å²) in [4.78, 5) is 8.51. The first-order valence-electron chi connectivity index (χ1n) is 4.40. The molecule has 0 unspecified atom stereocenters. The van der Waals surface area contributed by atoms with E-state index < -0.39 is 0 Å². The summed E-state index contributed by atoms with van der Waals surface area (Å²) in [7, 11) is 0.0978. The summed E-state index contributed by atoms with van der Waals surface area (Å²) in [5.41, 5.74) is 5.30. The Bertz CT molecular complexity index is 75.1. The summed E-state index contributed by atoms with van der Waals surface area (Å²) in [6.07, 6.45) is 1.06. The standard InChI is InChI=1S/C7H19N3OSi/c8-2-4-10-6-5-9-3-1-7-12-11/h9-11H,1-8H2. The highest BCUT2D eigenvalue weighted by molar-refractivity contribution is 6.25. The summed E-state index contributed by atoms with van der Waals surface area (Å²) in [6.45, 7) is 4.54. The lowest BCUT2D eigenvalue weighted by atomic mass is 10.4. The van der Waals surface area contributed by atoms with Gasteiger partial charge in [0.25, 0.3) is 0 Å². The Morgan fingerprint density at radius 2 is 1.75 bits per heavy atom. The maximum atomic E-state index is 8.51. The van der Waals surface area contributed by atoms with Crippen LogP contribution in [0.2, 0.25) is 6.04 Å². The maximum Gasteiger partial charge on any atom is 0.224 e. The summed E-state index contributed by atoms with van der Waals surface area (Å²) in [6, 6.07) is 0.920. The molecule has 0 bridgehead atoms. The van der Waals surface area contributed by atoms with Gasteiger partial charge in [0.15, 0.2) is 0 Å². The van der Waals surface area contributed by atoms with Crippen molar-refractivity contribution in [1.82, 2.24) is 10.6 Å². The van der Waals surface area contributed by atoms with Crippen molar-refractivity contribution in [2.45, 2.75) is 12.5 Å². The van der Waals surface area contributed by atoms with Gasteiger partial charge in [0.2, 0.25) is 9.76 Å². The minimum absolute atomic E-state index is 0.0978. The van der Waals surface area contributed by atoms with Gasteiger partial charge in [-0.15, -0.1) is 0 Å². The Labute approximate surface area is 76.9 Å². The highest BCUT2D eigenvalue weighted by Gasteiger charge is 1.88. The smallest absolute Gasteiger partial charge is 0.224 e. The zero-order chi connectivity index (χ0) is 9.07. The van der Waals surface area contributed by atoms with Crippen LogP contribution in [0.3, 0.4) is 0 Å². The van der Waals surface area contributed by atoms with Crippen LogP contribution >= 0.6 is 0 Å². The highest BCUT2D eigenvalue weighted by atomic mass is 28.2. The van der Waals surface area contributed by atoms with Crippen LogP contribution in [0.15, 0.2) is 0 Å². The second-order valence-electron chi connectivity index (χ2n) is 2.55. The first-order chi connectivity index (χ1) is 5.91. The SMILES string of the molecule is NCCNCCNCCC[Si]O. The Balaban J connectivity index is 2.73. The molecule has 12 heavy (non-hydrogen) atoms. The van der Waals surface area contributed by atoms with Gasteiger partial charge < -0.3 is 21.2 Å². The largest absolute Gasteiger partial charge is 0.432 e. The van der Waals surface area contributed by atoms with Gasteiger partial charge in [-0.2, -0.15) is 0 Å². The number of nitrogens with one attached hydrogen (secondary N) is 2. The third-order valence-corrected chi connectivity index (χ3v) is 2.02. The fourth-order valence-corrected chi connectivity index (χ4v) is 1.16.